The lowest BCUT2D eigenvalue weighted by Crippen LogP contribution is -2.37. The summed E-state index contributed by atoms with van der Waals surface area (Å²) in [6.07, 6.45) is 2.10. The maximum absolute atomic E-state index is 12.0. The Morgan fingerprint density at radius 3 is 2.56 bits per heavy atom. The molecule has 1 heterocycles. The molecule has 4 nitrogen and oxygen atoms in total. The van der Waals surface area contributed by atoms with Gasteiger partial charge in [-0.1, -0.05) is 20.8 Å². The van der Waals surface area contributed by atoms with Crippen LogP contribution in [-0.4, -0.2) is 31.1 Å². The molecule has 1 saturated heterocycles. The monoisotopic (exact) mass is 244 g/mol. The number of nitrogens with zero attached hydrogens (tertiary/aromatic N) is 2. The van der Waals surface area contributed by atoms with E-state index in [0.29, 0.717) is 19.4 Å². The molecular weight excluding hydrogens is 224 g/mol. The van der Waals surface area contributed by atoms with Gasteiger partial charge in [-0.15, -0.1) is 0 Å². The second-order valence-electron chi connectivity index (χ2n) is 5.52. The zero-order valence-corrected chi connectivity index (χ0v) is 11.0. The highest BCUT2D eigenvalue weighted by atomic mass is 32.2. The van der Waals surface area contributed by atoms with Crippen LogP contribution in [0.15, 0.2) is 0 Å². The molecule has 0 aliphatic carbocycles. The summed E-state index contributed by atoms with van der Waals surface area (Å²) in [6, 6.07) is 1.62. The Morgan fingerprint density at radius 1 is 1.44 bits per heavy atom. The highest BCUT2D eigenvalue weighted by Gasteiger charge is 2.34. The van der Waals surface area contributed by atoms with Crippen LogP contribution in [0, 0.1) is 16.7 Å². The van der Waals surface area contributed by atoms with Crippen LogP contribution in [0.25, 0.3) is 0 Å². The third kappa shape index (κ3) is 3.46. The zero-order valence-electron chi connectivity index (χ0n) is 10.2. The zero-order chi connectivity index (χ0) is 12.4. The molecule has 0 aromatic heterocycles. The standard InChI is InChI=1S/C11H20N2O2S/c1-11(2,3)6-8-16(14,15)13-7-4-5-10(13)9-12/h10H,4-8H2,1-3H3. The summed E-state index contributed by atoms with van der Waals surface area (Å²) in [5, 5.41) is 8.87. The van der Waals surface area contributed by atoms with E-state index in [-0.39, 0.29) is 11.2 Å². The first kappa shape index (κ1) is 13.5. The highest BCUT2D eigenvalue weighted by Crippen LogP contribution is 2.24. The van der Waals surface area contributed by atoms with Gasteiger partial charge in [-0.05, 0) is 24.7 Å². The summed E-state index contributed by atoms with van der Waals surface area (Å²) in [7, 11) is -3.24. The molecule has 0 spiro atoms. The minimum Gasteiger partial charge on any atom is -0.212 e. The molecule has 0 amide bonds. The van der Waals surface area contributed by atoms with Gasteiger partial charge in [0, 0.05) is 6.54 Å². The third-order valence-electron chi connectivity index (χ3n) is 2.82. The van der Waals surface area contributed by atoms with Crippen molar-refractivity contribution >= 4 is 10.0 Å². The van der Waals surface area contributed by atoms with Crippen molar-refractivity contribution in [3.63, 3.8) is 0 Å². The van der Waals surface area contributed by atoms with E-state index in [0.717, 1.165) is 6.42 Å². The molecule has 1 rings (SSSR count). The van der Waals surface area contributed by atoms with Crippen LogP contribution >= 0.6 is 0 Å². The minimum absolute atomic E-state index is 0.00886. The smallest absolute Gasteiger partial charge is 0.212 e. The van der Waals surface area contributed by atoms with Crippen molar-refractivity contribution in [2.45, 2.75) is 46.1 Å². The predicted molar refractivity (Wildman–Crippen MR) is 63.2 cm³/mol. The topological polar surface area (TPSA) is 61.2 Å². The Hall–Kier alpha value is -0.600. The van der Waals surface area contributed by atoms with Crippen LogP contribution in [0.4, 0.5) is 0 Å². The van der Waals surface area contributed by atoms with Crippen LogP contribution in [0.2, 0.25) is 0 Å². The minimum atomic E-state index is -3.24. The molecule has 0 bridgehead atoms. The summed E-state index contributed by atoms with van der Waals surface area (Å²) in [5.74, 6) is 0.147. The molecule has 1 unspecified atom stereocenters. The van der Waals surface area contributed by atoms with Crippen molar-refractivity contribution < 1.29 is 8.42 Å². The molecule has 16 heavy (non-hydrogen) atoms. The Balaban J connectivity index is 2.68. The van der Waals surface area contributed by atoms with Crippen LogP contribution < -0.4 is 0 Å². The van der Waals surface area contributed by atoms with Gasteiger partial charge in [0.25, 0.3) is 0 Å². The van der Waals surface area contributed by atoms with Gasteiger partial charge in [-0.3, -0.25) is 0 Å². The fraction of sp³-hybridized carbons (Fsp3) is 0.909. The van der Waals surface area contributed by atoms with Crippen LogP contribution in [0.3, 0.4) is 0 Å². The van der Waals surface area contributed by atoms with Gasteiger partial charge in [0.05, 0.1) is 11.8 Å². The molecule has 1 aliphatic rings. The molecule has 1 fully saturated rings. The van der Waals surface area contributed by atoms with Crippen molar-refractivity contribution in [2.24, 2.45) is 5.41 Å². The van der Waals surface area contributed by atoms with Gasteiger partial charge < -0.3 is 0 Å². The van der Waals surface area contributed by atoms with Crippen molar-refractivity contribution in [2.75, 3.05) is 12.3 Å². The molecule has 92 valence electrons. The largest absolute Gasteiger partial charge is 0.215 e. The molecule has 0 radical (unpaired) electrons. The van der Waals surface area contributed by atoms with E-state index in [1.54, 1.807) is 0 Å². The number of hydrogen-bond acceptors (Lipinski definition) is 3. The van der Waals surface area contributed by atoms with Crippen LogP contribution in [0.5, 0.6) is 0 Å². The summed E-state index contributed by atoms with van der Waals surface area (Å²) in [4.78, 5) is 0. The van der Waals surface area contributed by atoms with Crippen molar-refractivity contribution in [3.8, 4) is 6.07 Å². The average Bonchev–Trinajstić information content (AvgIpc) is 2.62. The van der Waals surface area contributed by atoms with E-state index in [1.165, 1.54) is 4.31 Å². The van der Waals surface area contributed by atoms with Gasteiger partial charge in [0.1, 0.15) is 6.04 Å². The Kier molecular flexibility index (Phi) is 3.97. The van der Waals surface area contributed by atoms with Crippen molar-refractivity contribution in [3.05, 3.63) is 0 Å². The molecular formula is C11H20N2O2S. The second kappa shape index (κ2) is 4.72. The number of sulfonamides is 1. The second-order valence-corrected chi connectivity index (χ2v) is 7.57. The first-order chi connectivity index (χ1) is 7.26. The molecule has 1 atom stereocenters. The van der Waals surface area contributed by atoms with Gasteiger partial charge in [-0.2, -0.15) is 9.57 Å². The van der Waals surface area contributed by atoms with E-state index < -0.39 is 16.1 Å². The third-order valence-corrected chi connectivity index (χ3v) is 4.69. The fourth-order valence-electron chi connectivity index (χ4n) is 1.75. The number of rotatable bonds is 3. The number of nitriles is 1. The summed E-state index contributed by atoms with van der Waals surface area (Å²) < 4.78 is 25.4. The molecule has 0 saturated carbocycles. The molecule has 0 aromatic rings. The average molecular weight is 244 g/mol. The lowest BCUT2D eigenvalue weighted by Gasteiger charge is -2.23. The Bertz CT molecular complexity index is 376. The van der Waals surface area contributed by atoms with E-state index in [9.17, 15) is 8.42 Å². The maximum atomic E-state index is 12.0. The van der Waals surface area contributed by atoms with Gasteiger partial charge in [0.15, 0.2) is 0 Å². The fourth-order valence-corrected chi connectivity index (χ4v) is 3.81. The van der Waals surface area contributed by atoms with E-state index in [2.05, 4.69) is 6.07 Å². The van der Waals surface area contributed by atoms with E-state index >= 15 is 0 Å². The van der Waals surface area contributed by atoms with Crippen molar-refractivity contribution in [1.29, 1.82) is 5.26 Å². The van der Waals surface area contributed by atoms with Gasteiger partial charge >= 0.3 is 0 Å². The van der Waals surface area contributed by atoms with E-state index in [1.807, 2.05) is 20.8 Å². The summed E-state index contributed by atoms with van der Waals surface area (Å²) in [6.45, 7) is 6.57. The Labute approximate surface area is 98.3 Å². The maximum Gasteiger partial charge on any atom is 0.215 e. The normalized spacial score (nSPS) is 23.2. The van der Waals surface area contributed by atoms with Gasteiger partial charge in [0.2, 0.25) is 10.0 Å². The first-order valence-corrected chi connectivity index (χ1v) is 7.26. The first-order valence-electron chi connectivity index (χ1n) is 5.65. The SMILES string of the molecule is CC(C)(C)CCS(=O)(=O)N1CCCC1C#N. The molecule has 0 N–H and O–H groups in total. The molecule has 5 heteroatoms. The lowest BCUT2D eigenvalue weighted by atomic mass is 9.94. The summed E-state index contributed by atoms with van der Waals surface area (Å²) in [5.41, 5.74) is 0.00886. The molecule has 1 aliphatic heterocycles. The van der Waals surface area contributed by atoms with Gasteiger partial charge in [-0.25, -0.2) is 8.42 Å². The highest BCUT2D eigenvalue weighted by molar-refractivity contribution is 7.89. The summed E-state index contributed by atoms with van der Waals surface area (Å²) >= 11 is 0. The van der Waals surface area contributed by atoms with E-state index in [4.69, 9.17) is 5.26 Å². The Morgan fingerprint density at radius 2 is 2.06 bits per heavy atom. The predicted octanol–water partition coefficient (Wildman–Crippen LogP) is 1.74. The quantitative estimate of drug-likeness (QED) is 0.759. The molecule has 0 aromatic carbocycles. The lowest BCUT2D eigenvalue weighted by molar-refractivity contribution is 0.384. The van der Waals surface area contributed by atoms with Crippen LogP contribution in [0.1, 0.15) is 40.0 Å². The number of hydrogen-bond donors (Lipinski definition) is 0. The van der Waals surface area contributed by atoms with Crippen LogP contribution in [-0.2, 0) is 10.0 Å². The van der Waals surface area contributed by atoms with Crippen molar-refractivity contribution in [1.82, 2.24) is 4.31 Å².